The lowest BCUT2D eigenvalue weighted by atomic mass is 10.2. The van der Waals surface area contributed by atoms with E-state index in [9.17, 15) is 19.7 Å². The number of rotatable bonds is 7. The summed E-state index contributed by atoms with van der Waals surface area (Å²) in [4.78, 5) is 34.9. The van der Waals surface area contributed by atoms with E-state index in [-0.39, 0.29) is 41.5 Å². The molecular formula is C13H16N6O5. The Morgan fingerprint density at radius 3 is 2.67 bits per heavy atom. The molecule has 128 valence electrons. The van der Waals surface area contributed by atoms with Crippen molar-refractivity contribution >= 4 is 34.2 Å². The van der Waals surface area contributed by atoms with E-state index in [1.165, 1.54) is 19.2 Å². The molecule has 2 rings (SSSR count). The summed E-state index contributed by atoms with van der Waals surface area (Å²) in [5.74, 6) is -0.579. The van der Waals surface area contributed by atoms with Gasteiger partial charge in [0, 0.05) is 33.1 Å². The highest BCUT2D eigenvalue weighted by molar-refractivity contribution is 5.94. The Morgan fingerprint density at radius 2 is 2.00 bits per heavy atom. The molecule has 1 aromatic carbocycles. The number of amides is 2. The molecule has 0 spiro atoms. The van der Waals surface area contributed by atoms with Crippen LogP contribution < -0.4 is 15.5 Å². The van der Waals surface area contributed by atoms with Crippen molar-refractivity contribution in [1.29, 1.82) is 0 Å². The quantitative estimate of drug-likeness (QED) is 0.523. The fraction of sp³-hybridized carbons (Fsp3) is 0.385. The van der Waals surface area contributed by atoms with E-state index in [1.807, 2.05) is 0 Å². The fourth-order valence-electron chi connectivity index (χ4n) is 2.04. The van der Waals surface area contributed by atoms with E-state index in [1.54, 1.807) is 11.9 Å². The van der Waals surface area contributed by atoms with Crippen molar-refractivity contribution in [3.05, 3.63) is 22.2 Å². The number of nitrogens with one attached hydrogen (secondary N) is 2. The lowest BCUT2D eigenvalue weighted by molar-refractivity contribution is -0.383. The second kappa shape index (κ2) is 7.35. The van der Waals surface area contributed by atoms with Gasteiger partial charge in [0.25, 0.3) is 0 Å². The number of fused-ring (bicyclic) bond motifs is 1. The molecule has 0 unspecified atom stereocenters. The lowest BCUT2D eigenvalue weighted by Crippen LogP contribution is -2.36. The molecule has 11 heteroatoms. The van der Waals surface area contributed by atoms with Gasteiger partial charge in [-0.3, -0.25) is 19.7 Å². The number of carbonyl (C=O) groups is 2. The zero-order chi connectivity index (χ0) is 17.7. The maximum Gasteiger partial charge on any atom is 0.300 e. The Morgan fingerprint density at radius 1 is 1.29 bits per heavy atom. The number of aromatic nitrogens is 2. The molecule has 2 amide bonds. The van der Waals surface area contributed by atoms with Crippen LogP contribution in [0.3, 0.4) is 0 Å². The number of nitro groups is 1. The van der Waals surface area contributed by atoms with Crippen molar-refractivity contribution in [1.82, 2.24) is 20.9 Å². The molecule has 0 atom stereocenters. The normalized spacial score (nSPS) is 10.4. The van der Waals surface area contributed by atoms with Crippen LogP contribution in [-0.2, 0) is 9.59 Å². The number of hydrogen-bond acceptors (Lipinski definition) is 8. The number of anilines is 1. The predicted molar refractivity (Wildman–Crippen MR) is 83.4 cm³/mol. The molecule has 1 heterocycles. The third kappa shape index (κ3) is 3.74. The molecule has 0 saturated carbocycles. The molecule has 0 radical (unpaired) electrons. The highest BCUT2D eigenvalue weighted by Gasteiger charge is 2.21. The van der Waals surface area contributed by atoms with Crippen LogP contribution in [0, 0.1) is 10.1 Å². The highest BCUT2D eigenvalue weighted by atomic mass is 16.6. The molecule has 0 fully saturated rings. The molecule has 2 N–H and O–H groups in total. The standard InChI is InChI=1S/C13H16N6O5/c1-14-11(21)7-15-10(20)5-6-18(2)8-3-4-9(19(22)23)13-12(8)16-24-17-13/h3-4H,5-7H2,1-2H3,(H,14,21)(H,15,20). The van der Waals surface area contributed by atoms with Crippen molar-refractivity contribution in [2.45, 2.75) is 6.42 Å². The Bertz CT molecular complexity index is 773. The summed E-state index contributed by atoms with van der Waals surface area (Å²) < 4.78 is 4.59. The maximum absolute atomic E-state index is 11.7. The van der Waals surface area contributed by atoms with Crippen molar-refractivity contribution < 1.29 is 19.1 Å². The number of likely N-dealkylation sites (N-methyl/N-ethyl adjacent to an activating group) is 1. The van der Waals surface area contributed by atoms with Crippen molar-refractivity contribution in [3.8, 4) is 0 Å². The smallest absolute Gasteiger partial charge is 0.300 e. The number of nitro benzene ring substituents is 1. The van der Waals surface area contributed by atoms with Gasteiger partial charge >= 0.3 is 5.69 Å². The summed E-state index contributed by atoms with van der Waals surface area (Å²) in [7, 11) is 3.19. The van der Waals surface area contributed by atoms with Gasteiger partial charge in [0.2, 0.25) is 17.3 Å². The molecule has 0 saturated heterocycles. The number of nitrogens with zero attached hydrogens (tertiary/aromatic N) is 4. The summed E-state index contributed by atoms with van der Waals surface area (Å²) in [6.45, 7) is 0.230. The second-order valence-electron chi connectivity index (χ2n) is 4.94. The zero-order valence-electron chi connectivity index (χ0n) is 13.1. The second-order valence-corrected chi connectivity index (χ2v) is 4.94. The Hall–Kier alpha value is -3.24. The first-order valence-electron chi connectivity index (χ1n) is 7.02. The van der Waals surface area contributed by atoms with Gasteiger partial charge in [-0.2, -0.15) is 0 Å². The third-order valence-corrected chi connectivity index (χ3v) is 3.38. The van der Waals surface area contributed by atoms with Crippen LogP contribution >= 0.6 is 0 Å². The summed E-state index contributed by atoms with van der Waals surface area (Å²) in [5.41, 5.74) is 0.647. The number of benzene rings is 1. The van der Waals surface area contributed by atoms with E-state index in [0.29, 0.717) is 12.2 Å². The topological polar surface area (TPSA) is 144 Å². The van der Waals surface area contributed by atoms with Gasteiger partial charge in [0.1, 0.15) is 0 Å². The molecule has 0 aliphatic heterocycles. The third-order valence-electron chi connectivity index (χ3n) is 3.38. The summed E-state index contributed by atoms with van der Waals surface area (Å²) in [5, 5.41) is 23.1. The van der Waals surface area contributed by atoms with Crippen LogP contribution in [0.4, 0.5) is 11.4 Å². The minimum absolute atomic E-state index is 0.0495. The fourth-order valence-corrected chi connectivity index (χ4v) is 2.04. The number of carbonyl (C=O) groups excluding carboxylic acids is 2. The molecule has 1 aromatic heterocycles. The first-order valence-corrected chi connectivity index (χ1v) is 7.02. The molecule has 2 aromatic rings. The van der Waals surface area contributed by atoms with Crippen LogP contribution in [0.1, 0.15) is 6.42 Å². The van der Waals surface area contributed by atoms with E-state index in [2.05, 4.69) is 25.6 Å². The lowest BCUT2D eigenvalue weighted by Gasteiger charge is -2.18. The van der Waals surface area contributed by atoms with E-state index >= 15 is 0 Å². The van der Waals surface area contributed by atoms with Crippen LogP contribution in [0.25, 0.3) is 11.0 Å². The van der Waals surface area contributed by atoms with Gasteiger partial charge in [-0.1, -0.05) is 0 Å². The van der Waals surface area contributed by atoms with Gasteiger partial charge in [0.05, 0.1) is 17.2 Å². The highest BCUT2D eigenvalue weighted by Crippen LogP contribution is 2.30. The van der Waals surface area contributed by atoms with Gasteiger partial charge in [-0.15, -0.1) is 0 Å². The molecule has 11 nitrogen and oxygen atoms in total. The van der Waals surface area contributed by atoms with Gasteiger partial charge in [-0.25, -0.2) is 4.63 Å². The van der Waals surface area contributed by atoms with Gasteiger partial charge in [-0.05, 0) is 16.4 Å². The average molecular weight is 336 g/mol. The Labute approximate surface area is 136 Å². The number of hydrogen-bond donors (Lipinski definition) is 2. The largest absolute Gasteiger partial charge is 0.372 e. The summed E-state index contributed by atoms with van der Waals surface area (Å²) >= 11 is 0. The average Bonchev–Trinajstić information content (AvgIpc) is 3.05. The first-order chi connectivity index (χ1) is 11.4. The van der Waals surface area contributed by atoms with Gasteiger partial charge in [0.15, 0.2) is 5.52 Å². The van der Waals surface area contributed by atoms with E-state index < -0.39 is 4.92 Å². The molecule has 0 bridgehead atoms. The predicted octanol–water partition coefficient (Wildman–Crippen LogP) is -0.180. The molecule has 0 aliphatic carbocycles. The van der Waals surface area contributed by atoms with Crippen LogP contribution in [-0.4, -0.2) is 54.2 Å². The van der Waals surface area contributed by atoms with E-state index in [4.69, 9.17) is 0 Å². The maximum atomic E-state index is 11.7. The summed E-state index contributed by atoms with van der Waals surface area (Å²) in [6.07, 6.45) is 0.136. The van der Waals surface area contributed by atoms with Gasteiger partial charge < -0.3 is 15.5 Å². The van der Waals surface area contributed by atoms with Crippen molar-refractivity contribution in [3.63, 3.8) is 0 Å². The minimum Gasteiger partial charge on any atom is -0.372 e. The minimum atomic E-state index is -0.567. The Kier molecular flexibility index (Phi) is 5.24. The molecule has 24 heavy (non-hydrogen) atoms. The molecular weight excluding hydrogens is 320 g/mol. The SMILES string of the molecule is CNC(=O)CNC(=O)CCN(C)c1ccc([N+](=O)[O-])c2nonc12. The van der Waals surface area contributed by atoms with Crippen LogP contribution in [0.15, 0.2) is 16.8 Å². The monoisotopic (exact) mass is 336 g/mol. The van der Waals surface area contributed by atoms with Crippen LogP contribution in [0.2, 0.25) is 0 Å². The first kappa shape index (κ1) is 17.1. The zero-order valence-corrected chi connectivity index (χ0v) is 13.1. The van der Waals surface area contributed by atoms with Crippen molar-refractivity contribution in [2.24, 2.45) is 0 Å². The Balaban J connectivity index is 2.04. The number of non-ortho nitro benzene ring substituents is 1. The summed E-state index contributed by atoms with van der Waals surface area (Å²) in [6, 6.07) is 2.83. The van der Waals surface area contributed by atoms with Crippen LogP contribution in [0.5, 0.6) is 0 Å². The molecule has 0 aliphatic rings. The van der Waals surface area contributed by atoms with Crippen molar-refractivity contribution in [2.75, 3.05) is 32.1 Å². The van der Waals surface area contributed by atoms with E-state index in [0.717, 1.165) is 0 Å².